The van der Waals surface area contributed by atoms with Gasteiger partial charge in [-0.3, -0.25) is 14.6 Å². The van der Waals surface area contributed by atoms with Crippen molar-refractivity contribution in [1.82, 2.24) is 24.9 Å². The van der Waals surface area contributed by atoms with Gasteiger partial charge in [0, 0.05) is 32.6 Å². The van der Waals surface area contributed by atoms with Crippen molar-refractivity contribution >= 4 is 5.91 Å². The van der Waals surface area contributed by atoms with E-state index in [2.05, 4.69) is 15.3 Å². The van der Waals surface area contributed by atoms with Gasteiger partial charge in [-0.1, -0.05) is 0 Å². The molecule has 128 valence electrons. The topological polar surface area (TPSA) is 76.0 Å². The fourth-order valence-corrected chi connectivity index (χ4v) is 3.41. The molecule has 0 radical (unpaired) electrons. The summed E-state index contributed by atoms with van der Waals surface area (Å²) in [5, 5.41) is 10.9. The van der Waals surface area contributed by atoms with Crippen LogP contribution < -0.4 is 0 Å². The summed E-state index contributed by atoms with van der Waals surface area (Å²) in [6.45, 7) is 1.54. The van der Waals surface area contributed by atoms with Crippen LogP contribution in [-0.2, 0) is 18.2 Å². The summed E-state index contributed by atoms with van der Waals surface area (Å²) in [5.41, 5.74) is 1.67. The molecule has 1 saturated heterocycles. The van der Waals surface area contributed by atoms with Crippen LogP contribution in [0.5, 0.6) is 0 Å². The highest BCUT2D eigenvalue weighted by atomic mass is 16.5. The van der Waals surface area contributed by atoms with Crippen LogP contribution in [0.1, 0.15) is 35.3 Å². The van der Waals surface area contributed by atoms with Crippen molar-refractivity contribution in [3.05, 3.63) is 35.9 Å². The SMILES string of the molecule is Cn1cc(C[C@H]2[C@H](OCC3CC3)CCN2C(=O)c2ccn[nH]2)cn1. The lowest BCUT2D eigenvalue weighted by molar-refractivity contribution is 0.0198. The first-order valence-electron chi connectivity index (χ1n) is 8.60. The molecule has 0 bridgehead atoms. The molecule has 7 nitrogen and oxygen atoms in total. The normalized spacial score (nSPS) is 23.8. The summed E-state index contributed by atoms with van der Waals surface area (Å²) < 4.78 is 7.97. The smallest absolute Gasteiger partial charge is 0.272 e. The molecule has 2 aromatic heterocycles. The van der Waals surface area contributed by atoms with E-state index in [1.54, 1.807) is 16.9 Å². The first kappa shape index (κ1) is 15.4. The number of ether oxygens (including phenoxy) is 1. The van der Waals surface area contributed by atoms with Gasteiger partial charge in [0.25, 0.3) is 5.91 Å². The van der Waals surface area contributed by atoms with Crippen LogP contribution >= 0.6 is 0 Å². The number of aryl methyl sites for hydroxylation is 1. The predicted molar refractivity (Wildman–Crippen MR) is 87.4 cm³/mol. The molecule has 2 atom stereocenters. The van der Waals surface area contributed by atoms with Crippen molar-refractivity contribution in [2.75, 3.05) is 13.2 Å². The second kappa shape index (κ2) is 6.39. The van der Waals surface area contributed by atoms with E-state index in [9.17, 15) is 4.79 Å². The molecular weight excluding hydrogens is 306 g/mol. The number of nitrogens with one attached hydrogen (secondary N) is 1. The van der Waals surface area contributed by atoms with Gasteiger partial charge in [0.2, 0.25) is 0 Å². The Morgan fingerprint density at radius 2 is 2.29 bits per heavy atom. The Morgan fingerprint density at radius 1 is 1.42 bits per heavy atom. The number of hydrogen-bond donors (Lipinski definition) is 1. The van der Waals surface area contributed by atoms with Crippen LogP contribution in [0.2, 0.25) is 0 Å². The van der Waals surface area contributed by atoms with Crippen molar-refractivity contribution in [2.45, 2.75) is 37.8 Å². The molecule has 2 aliphatic rings. The van der Waals surface area contributed by atoms with Gasteiger partial charge in [-0.05, 0) is 43.2 Å². The number of aromatic amines is 1. The van der Waals surface area contributed by atoms with Gasteiger partial charge < -0.3 is 9.64 Å². The number of nitrogens with zero attached hydrogens (tertiary/aromatic N) is 4. The number of carbonyl (C=O) groups excluding carboxylic acids is 1. The van der Waals surface area contributed by atoms with E-state index in [0.29, 0.717) is 5.69 Å². The standard InChI is InChI=1S/C17H23N5O2/c1-21-10-13(9-19-21)8-15-16(24-11-12-2-3-12)5-7-22(15)17(23)14-4-6-18-20-14/h4,6,9-10,12,15-16H,2-3,5,7-8,11H2,1H3,(H,18,20)/t15-,16+/m0/s1. The summed E-state index contributed by atoms with van der Waals surface area (Å²) in [6, 6.07) is 1.77. The first-order chi connectivity index (χ1) is 11.7. The van der Waals surface area contributed by atoms with E-state index in [1.165, 1.54) is 12.8 Å². The number of rotatable bonds is 6. The van der Waals surface area contributed by atoms with Crippen molar-refractivity contribution in [2.24, 2.45) is 13.0 Å². The molecule has 4 rings (SSSR count). The van der Waals surface area contributed by atoms with Crippen molar-refractivity contribution in [3.63, 3.8) is 0 Å². The molecule has 1 N–H and O–H groups in total. The molecule has 0 unspecified atom stereocenters. The Morgan fingerprint density at radius 3 is 2.96 bits per heavy atom. The monoisotopic (exact) mass is 329 g/mol. The maximum atomic E-state index is 12.8. The first-order valence-corrected chi connectivity index (χ1v) is 8.60. The molecule has 2 fully saturated rings. The number of aromatic nitrogens is 4. The van der Waals surface area contributed by atoms with E-state index < -0.39 is 0 Å². The van der Waals surface area contributed by atoms with Gasteiger partial charge in [0.1, 0.15) is 5.69 Å². The Kier molecular flexibility index (Phi) is 4.10. The fourth-order valence-electron chi connectivity index (χ4n) is 3.41. The van der Waals surface area contributed by atoms with Crippen molar-refractivity contribution in [1.29, 1.82) is 0 Å². The molecule has 0 spiro atoms. The third-order valence-corrected chi connectivity index (χ3v) is 4.92. The number of carbonyl (C=O) groups is 1. The Balaban J connectivity index is 1.51. The third-order valence-electron chi connectivity index (χ3n) is 4.92. The zero-order chi connectivity index (χ0) is 16.5. The van der Waals surface area contributed by atoms with Gasteiger partial charge in [0.05, 0.1) is 18.3 Å². The molecule has 1 amide bonds. The number of amides is 1. The molecule has 1 saturated carbocycles. The second-order valence-electron chi connectivity index (χ2n) is 6.87. The minimum Gasteiger partial charge on any atom is -0.376 e. The van der Waals surface area contributed by atoms with Crippen LogP contribution in [0.25, 0.3) is 0 Å². The summed E-state index contributed by atoms with van der Waals surface area (Å²) in [4.78, 5) is 14.7. The quantitative estimate of drug-likeness (QED) is 0.869. The van der Waals surface area contributed by atoms with E-state index in [0.717, 1.165) is 37.5 Å². The molecular formula is C17H23N5O2. The predicted octanol–water partition coefficient (Wildman–Crippen LogP) is 1.40. The number of hydrogen-bond acceptors (Lipinski definition) is 4. The van der Waals surface area contributed by atoms with Crippen LogP contribution in [0, 0.1) is 5.92 Å². The average molecular weight is 329 g/mol. The van der Waals surface area contributed by atoms with Gasteiger partial charge in [-0.25, -0.2) is 0 Å². The molecule has 0 aromatic carbocycles. The second-order valence-corrected chi connectivity index (χ2v) is 6.87. The number of H-pyrrole nitrogens is 1. The Labute approximate surface area is 141 Å². The van der Waals surface area contributed by atoms with Crippen molar-refractivity contribution < 1.29 is 9.53 Å². The van der Waals surface area contributed by atoms with E-state index in [1.807, 2.05) is 24.3 Å². The maximum absolute atomic E-state index is 12.8. The minimum atomic E-state index is -0.00101. The molecule has 7 heteroatoms. The summed E-state index contributed by atoms with van der Waals surface area (Å²) >= 11 is 0. The summed E-state index contributed by atoms with van der Waals surface area (Å²) in [7, 11) is 1.91. The lowest BCUT2D eigenvalue weighted by Gasteiger charge is -2.27. The van der Waals surface area contributed by atoms with E-state index in [-0.39, 0.29) is 18.1 Å². The molecule has 2 aromatic rings. The maximum Gasteiger partial charge on any atom is 0.272 e. The molecule has 3 heterocycles. The molecule has 1 aliphatic carbocycles. The molecule has 24 heavy (non-hydrogen) atoms. The van der Waals surface area contributed by atoms with Crippen molar-refractivity contribution in [3.8, 4) is 0 Å². The average Bonchev–Trinajstić information content (AvgIpc) is 2.98. The highest BCUT2D eigenvalue weighted by Gasteiger charge is 2.39. The van der Waals surface area contributed by atoms with Crippen LogP contribution in [0.3, 0.4) is 0 Å². The van der Waals surface area contributed by atoms with Gasteiger partial charge in [-0.2, -0.15) is 10.2 Å². The summed E-state index contributed by atoms with van der Waals surface area (Å²) in [6.07, 6.45) is 9.79. The summed E-state index contributed by atoms with van der Waals surface area (Å²) in [5.74, 6) is 0.723. The van der Waals surface area contributed by atoms with Crippen LogP contribution in [-0.4, -0.2) is 56.1 Å². The Bertz CT molecular complexity index is 692. The molecule has 1 aliphatic heterocycles. The zero-order valence-corrected chi connectivity index (χ0v) is 13.9. The van der Waals surface area contributed by atoms with Gasteiger partial charge >= 0.3 is 0 Å². The zero-order valence-electron chi connectivity index (χ0n) is 13.9. The lowest BCUT2D eigenvalue weighted by Crippen LogP contribution is -2.42. The third kappa shape index (κ3) is 3.21. The van der Waals surface area contributed by atoms with Crippen LogP contribution in [0.15, 0.2) is 24.7 Å². The van der Waals surface area contributed by atoms with Gasteiger partial charge in [0.15, 0.2) is 0 Å². The largest absolute Gasteiger partial charge is 0.376 e. The number of likely N-dealkylation sites (tertiary alicyclic amines) is 1. The highest BCUT2D eigenvalue weighted by Crippen LogP contribution is 2.32. The lowest BCUT2D eigenvalue weighted by atomic mass is 10.0. The minimum absolute atomic E-state index is 0.00101. The van der Waals surface area contributed by atoms with E-state index >= 15 is 0 Å². The Hall–Kier alpha value is -2.15. The highest BCUT2D eigenvalue weighted by molar-refractivity contribution is 5.92. The van der Waals surface area contributed by atoms with Gasteiger partial charge in [-0.15, -0.1) is 0 Å². The van der Waals surface area contributed by atoms with Crippen LogP contribution in [0.4, 0.5) is 0 Å². The van der Waals surface area contributed by atoms with E-state index in [4.69, 9.17) is 4.74 Å². The fraction of sp³-hybridized carbons (Fsp3) is 0.588.